The van der Waals surface area contributed by atoms with Gasteiger partial charge in [-0.3, -0.25) is 28.7 Å². The smallest absolute Gasteiger partial charge is 0.330 e. The summed E-state index contributed by atoms with van der Waals surface area (Å²) < 4.78 is 2.33. The minimum absolute atomic E-state index is 0. The molecule has 10 nitrogen and oxygen atoms in total. The van der Waals surface area contributed by atoms with Crippen LogP contribution >= 0.6 is 11.6 Å². The number of aromatic nitrogens is 4. The Labute approximate surface area is 267 Å². The lowest BCUT2D eigenvalue weighted by Gasteiger charge is -2.20. The number of benzene rings is 2. The highest BCUT2D eigenvalue weighted by atomic mass is 35.5. The van der Waals surface area contributed by atoms with E-state index in [1.165, 1.54) is 40.7 Å². The average Bonchev–Trinajstić information content (AvgIpc) is 3.77. The topological polar surface area (TPSA) is 148 Å². The van der Waals surface area contributed by atoms with E-state index in [0.29, 0.717) is 11.7 Å². The van der Waals surface area contributed by atoms with Gasteiger partial charge >= 0.3 is 11.4 Å². The van der Waals surface area contributed by atoms with Gasteiger partial charge in [-0.1, -0.05) is 72.3 Å². The molecule has 5 N–H and O–H groups in total. The lowest BCUT2D eigenvalue weighted by Crippen LogP contribution is -3.00. The molecule has 1 fully saturated rings. The van der Waals surface area contributed by atoms with Gasteiger partial charge in [0.2, 0.25) is 0 Å². The van der Waals surface area contributed by atoms with Gasteiger partial charge in [-0.05, 0) is 64.5 Å². The molecule has 2 aromatic carbocycles. The first-order valence-corrected chi connectivity index (χ1v) is 14.8. The van der Waals surface area contributed by atoms with Crippen LogP contribution in [-0.2, 0) is 0 Å². The zero-order chi connectivity index (χ0) is 31.7. The molecule has 2 atom stereocenters. The minimum atomic E-state index is -0.470. The molecule has 238 valence electrons. The number of aromatic amines is 2. The van der Waals surface area contributed by atoms with Crippen LogP contribution in [0.25, 0.3) is 0 Å². The van der Waals surface area contributed by atoms with Gasteiger partial charge in [0.25, 0.3) is 11.1 Å². The highest BCUT2D eigenvalue weighted by Crippen LogP contribution is 2.42. The zero-order valence-electron chi connectivity index (χ0n) is 25.6. The molecule has 2 heterocycles. The number of hydrogen-bond donors (Lipinski definition) is 4. The molecule has 1 saturated carbocycles. The number of hydrogen-bond acceptors (Lipinski definition) is 6. The number of nitrogens with one attached hydrogen (secondary N) is 3. The molecule has 0 radical (unpaired) electrons. The van der Waals surface area contributed by atoms with E-state index in [9.17, 15) is 19.2 Å². The van der Waals surface area contributed by atoms with Gasteiger partial charge in [0, 0.05) is 30.3 Å². The molecule has 0 spiro atoms. The van der Waals surface area contributed by atoms with Crippen molar-refractivity contribution in [1.82, 2.24) is 19.1 Å². The Morgan fingerprint density at radius 2 is 1.20 bits per heavy atom. The summed E-state index contributed by atoms with van der Waals surface area (Å²) in [5.41, 5.74) is 6.50. The fourth-order valence-electron chi connectivity index (χ4n) is 4.52. The fourth-order valence-corrected chi connectivity index (χ4v) is 4.70. The van der Waals surface area contributed by atoms with Crippen molar-refractivity contribution in [3.05, 3.63) is 131 Å². The molecule has 4 aromatic rings. The average molecular weight is 645 g/mol. The maximum Gasteiger partial charge on any atom is 0.330 e. The molecule has 2 aromatic heterocycles. The summed E-state index contributed by atoms with van der Waals surface area (Å²) in [6.45, 7) is 9.13. The lowest BCUT2D eigenvalue weighted by molar-refractivity contribution is -0.00000978. The van der Waals surface area contributed by atoms with Gasteiger partial charge < -0.3 is 23.5 Å². The predicted octanol–water partition coefficient (Wildman–Crippen LogP) is 2.16. The van der Waals surface area contributed by atoms with E-state index in [1.807, 2.05) is 69.3 Å². The van der Waals surface area contributed by atoms with Crippen LogP contribution in [0.3, 0.4) is 0 Å². The second-order valence-corrected chi connectivity index (χ2v) is 11.5. The van der Waals surface area contributed by atoms with Crippen molar-refractivity contribution in [2.45, 2.75) is 71.6 Å². The van der Waals surface area contributed by atoms with Crippen molar-refractivity contribution in [1.29, 1.82) is 0 Å². The maximum absolute atomic E-state index is 12.1. The van der Waals surface area contributed by atoms with E-state index >= 15 is 0 Å². The second kappa shape index (κ2) is 16.8. The van der Waals surface area contributed by atoms with Crippen LogP contribution < -0.4 is 46.0 Å². The third kappa shape index (κ3) is 10.4. The van der Waals surface area contributed by atoms with E-state index < -0.39 is 5.69 Å². The van der Waals surface area contributed by atoms with Crippen molar-refractivity contribution >= 4 is 17.4 Å². The fraction of sp³-hybridized carbons (Fsp3) is 0.375. The number of H-pyrrole nitrogens is 2. The molecule has 0 aliphatic heterocycles. The van der Waals surface area contributed by atoms with Crippen LogP contribution in [0, 0.1) is 5.92 Å². The van der Waals surface area contributed by atoms with Gasteiger partial charge in [0.05, 0.1) is 6.04 Å². The third-order valence-electron chi connectivity index (χ3n) is 6.82. The summed E-state index contributed by atoms with van der Waals surface area (Å²) >= 11 is 5.46. The number of anilines is 1. The van der Waals surface area contributed by atoms with Crippen molar-refractivity contribution in [2.24, 2.45) is 11.7 Å². The monoisotopic (exact) mass is 643 g/mol. The molecule has 1 aliphatic rings. The van der Waals surface area contributed by atoms with Crippen LogP contribution in [-0.4, -0.2) is 19.1 Å². The van der Waals surface area contributed by atoms with E-state index in [1.54, 1.807) is 13.8 Å². The van der Waals surface area contributed by atoms with Gasteiger partial charge in [-0.15, -0.1) is 0 Å². The highest BCUT2D eigenvalue weighted by molar-refractivity contribution is 6.29. The van der Waals surface area contributed by atoms with Crippen molar-refractivity contribution in [3.8, 4) is 0 Å². The highest BCUT2D eigenvalue weighted by Gasteiger charge is 2.32. The standard InChI is InChI=1S/C17H21N3O2.C8H11N.C7H9ClN2O2.ClH/c1-11(2)20-15(21)10-14(19-17(20)22)18-16(13-8-9-13)12-6-4-3-5-7-12;1-7(9)8-5-3-2-4-6-8;1-4(2)10-6(11)3-5(8)9-7(10)12;/h3-7,10-11,13,16,18H,8-9H2,1-2H3,(H,19,22);2-7H,9H2,1H3;3-4H,1-2H3,(H,9,12);1H/p-1/t16-;7-;;/m10../s1. The maximum atomic E-state index is 12.1. The van der Waals surface area contributed by atoms with E-state index in [2.05, 4.69) is 27.4 Å². The molecular formula is C32H41Cl2N6O4-. The summed E-state index contributed by atoms with van der Waals surface area (Å²) in [7, 11) is 0. The quantitative estimate of drug-likeness (QED) is 0.227. The van der Waals surface area contributed by atoms with Gasteiger partial charge in [-0.2, -0.15) is 0 Å². The van der Waals surface area contributed by atoms with E-state index in [-0.39, 0.29) is 58.5 Å². The Balaban J connectivity index is 0.000000258. The summed E-state index contributed by atoms with van der Waals surface area (Å²) in [6.07, 6.45) is 2.33. The third-order valence-corrected chi connectivity index (χ3v) is 7.02. The Hall–Kier alpha value is -3.86. The first-order valence-electron chi connectivity index (χ1n) is 14.4. The molecule has 5 rings (SSSR count). The normalized spacial score (nSPS) is 13.5. The molecular weight excluding hydrogens is 603 g/mol. The minimum Gasteiger partial charge on any atom is -1.00 e. The van der Waals surface area contributed by atoms with Crippen LogP contribution in [0.2, 0.25) is 5.15 Å². The second-order valence-electron chi connectivity index (χ2n) is 11.1. The molecule has 0 unspecified atom stereocenters. The van der Waals surface area contributed by atoms with Crippen molar-refractivity contribution in [3.63, 3.8) is 0 Å². The van der Waals surface area contributed by atoms with Crippen LogP contribution in [0.1, 0.15) is 82.8 Å². The van der Waals surface area contributed by atoms with Crippen LogP contribution in [0.5, 0.6) is 0 Å². The Morgan fingerprint density at radius 1 is 0.750 bits per heavy atom. The Morgan fingerprint density at radius 3 is 1.59 bits per heavy atom. The summed E-state index contributed by atoms with van der Waals surface area (Å²) in [4.78, 5) is 51.6. The first kappa shape index (κ1) is 36.3. The Bertz CT molecular complexity index is 1630. The van der Waals surface area contributed by atoms with Crippen LogP contribution in [0.4, 0.5) is 5.82 Å². The Kier molecular flexibility index (Phi) is 13.9. The van der Waals surface area contributed by atoms with E-state index in [0.717, 1.165) is 4.57 Å². The van der Waals surface area contributed by atoms with Gasteiger partial charge in [-0.25, -0.2) is 9.59 Å². The van der Waals surface area contributed by atoms with Crippen molar-refractivity contribution < 1.29 is 12.4 Å². The van der Waals surface area contributed by atoms with Gasteiger partial charge in [0.1, 0.15) is 11.0 Å². The summed E-state index contributed by atoms with van der Waals surface area (Å²) in [5, 5.41) is 3.41. The summed E-state index contributed by atoms with van der Waals surface area (Å²) in [6, 6.07) is 22.8. The molecule has 1 aliphatic carbocycles. The zero-order valence-corrected chi connectivity index (χ0v) is 27.1. The molecule has 44 heavy (non-hydrogen) atoms. The largest absolute Gasteiger partial charge is 1.00 e. The van der Waals surface area contributed by atoms with E-state index in [4.69, 9.17) is 17.3 Å². The predicted molar refractivity (Wildman–Crippen MR) is 173 cm³/mol. The molecule has 0 bridgehead atoms. The van der Waals surface area contributed by atoms with Crippen molar-refractivity contribution in [2.75, 3.05) is 5.32 Å². The molecule has 12 heteroatoms. The molecule has 0 amide bonds. The number of rotatable bonds is 7. The summed E-state index contributed by atoms with van der Waals surface area (Å²) in [5.74, 6) is 1.05. The number of nitrogens with two attached hydrogens (primary N) is 1. The lowest BCUT2D eigenvalue weighted by atomic mass is 10.0. The number of halogens is 2. The number of nitrogens with zero attached hydrogens (tertiary/aromatic N) is 2. The first-order chi connectivity index (χ1) is 20.4. The SMILES string of the molecule is CC(C)n1c(=O)cc(Cl)[nH]c1=O.CC(C)n1c(=O)cc(N[C@H](c2ccccc2)C2CC2)[nH]c1=O.C[C@H](N)c1ccccc1.[Cl-]. The van der Waals surface area contributed by atoms with Crippen LogP contribution in [0.15, 0.2) is 92.0 Å². The molecule has 0 saturated heterocycles. The van der Waals surface area contributed by atoms with Gasteiger partial charge in [0.15, 0.2) is 0 Å².